The van der Waals surface area contributed by atoms with Gasteiger partial charge in [-0.3, -0.25) is 4.31 Å². The monoisotopic (exact) mass is 238 g/mol. The minimum Gasteiger partial charge on any atom is -0.331 e. The van der Waals surface area contributed by atoms with Crippen LogP contribution in [0, 0.1) is 0 Å². The maximum absolute atomic E-state index is 5.35. The third-order valence-electron chi connectivity index (χ3n) is 2.11. The Morgan fingerprint density at radius 1 is 1.27 bits per heavy atom. The second-order valence-electron chi connectivity index (χ2n) is 4.48. The molecule has 0 aliphatic carbocycles. The Hall–Kier alpha value is -0.740. The largest absolute Gasteiger partial charge is 0.331 e. The molecule has 1 aliphatic heterocycles. The number of para-hydroxylation sites is 1. The second-order valence-corrected chi connectivity index (χ2v) is 5.86. The molecule has 0 saturated carbocycles. The third kappa shape index (κ3) is 2.11. The molecule has 0 fully saturated rings. The van der Waals surface area contributed by atoms with Gasteiger partial charge in [0.25, 0.3) is 0 Å². The Morgan fingerprint density at radius 2 is 1.93 bits per heavy atom. The van der Waals surface area contributed by atoms with Crippen LogP contribution < -0.4 is 5.32 Å². The van der Waals surface area contributed by atoms with Crippen LogP contribution in [0.4, 0.5) is 5.69 Å². The van der Waals surface area contributed by atoms with E-state index in [2.05, 4.69) is 42.5 Å². The van der Waals surface area contributed by atoms with Crippen molar-refractivity contribution < 1.29 is 0 Å². The summed E-state index contributed by atoms with van der Waals surface area (Å²) in [5.74, 6) is 0. The molecule has 0 radical (unpaired) electrons. The van der Waals surface area contributed by atoms with E-state index in [1.54, 1.807) is 11.9 Å². The molecular formula is C11H14N2S2. The lowest BCUT2D eigenvalue weighted by molar-refractivity contribution is 0.380. The van der Waals surface area contributed by atoms with Crippen molar-refractivity contribution in [3.05, 3.63) is 24.3 Å². The highest BCUT2D eigenvalue weighted by atomic mass is 32.2. The summed E-state index contributed by atoms with van der Waals surface area (Å²) < 4.78 is 2.13. The van der Waals surface area contributed by atoms with Crippen LogP contribution in [-0.4, -0.2) is 15.0 Å². The second kappa shape index (κ2) is 3.68. The van der Waals surface area contributed by atoms with Gasteiger partial charge in [0.05, 0.1) is 10.6 Å². The van der Waals surface area contributed by atoms with E-state index < -0.39 is 0 Å². The van der Waals surface area contributed by atoms with E-state index in [4.69, 9.17) is 12.2 Å². The van der Waals surface area contributed by atoms with Crippen molar-refractivity contribution in [1.29, 1.82) is 0 Å². The van der Waals surface area contributed by atoms with Crippen molar-refractivity contribution in [2.24, 2.45) is 0 Å². The number of benzene rings is 1. The van der Waals surface area contributed by atoms with E-state index in [0.29, 0.717) is 0 Å². The molecule has 4 heteroatoms. The Morgan fingerprint density at radius 3 is 2.60 bits per heavy atom. The molecule has 0 spiro atoms. The summed E-state index contributed by atoms with van der Waals surface area (Å²) in [6.07, 6.45) is 0. The zero-order valence-electron chi connectivity index (χ0n) is 9.07. The van der Waals surface area contributed by atoms with Crippen LogP contribution in [0.3, 0.4) is 0 Å². The maximum atomic E-state index is 5.35. The lowest BCUT2D eigenvalue weighted by Gasteiger charge is -2.39. The molecule has 0 saturated heterocycles. The number of nitrogens with one attached hydrogen (secondary N) is 1. The highest BCUT2D eigenvalue weighted by Crippen LogP contribution is 2.38. The van der Waals surface area contributed by atoms with E-state index in [1.165, 1.54) is 4.90 Å². The minimum absolute atomic E-state index is 0.0300. The van der Waals surface area contributed by atoms with Gasteiger partial charge in [-0.2, -0.15) is 0 Å². The maximum Gasteiger partial charge on any atom is 0.184 e. The van der Waals surface area contributed by atoms with Crippen LogP contribution in [0.1, 0.15) is 20.8 Å². The first kappa shape index (κ1) is 10.8. The van der Waals surface area contributed by atoms with E-state index in [9.17, 15) is 0 Å². The van der Waals surface area contributed by atoms with Gasteiger partial charge in [0.2, 0.25) is 0 Å². The fraction of sp³-hybridized carbons (Fsp3) is 0.364. The molecule has 1 heterocycles. The standard InChI is InChI=1S/C11H14N2S2/c1-11(2,3)13-10(14)12-8-6-4-5-7-9(8)15-13/h4-7H,1-3H3,(H,12,14). The molecule has 0 amide bonds. The fourth-order valence-electron chi connectivity index (χ4n) is 1.40. The van der Waals surface area contributed by atoms with Gasteiger partial charge in [-0.15, -0.1) is 0 Å². The number of fused-ring (bicyclic) bond motifs is 1. The molecular weight excluding hydrogens is 224 g/mol. The zero-order chi connectivity index (χ0) is 11.1. The molecule has 15 heavy (non-hydrogen) atoms. The first-order valence-electron chi connectivity index (χ1n) is 4.87. The fourth-order valence-corrected chi connectivity index (χ4v) is 2.85. The first-order chi connectivity index (χ1) is 6.98. The number of rotatable bonds is 0. The van der Waals surface area contributed by atoms with Crippen LogP contribution in [0.25, 0.3) is 0 Å². The van der Waals surface area contributed by atoms with Crippen molar-refractivity contribution in [2.75, 3.05) is 5.32 Å². The first-order valence-corrected chi connectivity index (χ1v) is 6.05. The number of thiocarbonyl (C=S) groups is 1. The molecule has 0 bridgehead atoms. The van der Waals surface area contributed by atoms with E-state index in [-0.39, 0.29) is 5.54 Å². The molecule has 0 atom stereocenters. The van der Waals surface area contributed by atoms with Gasteiger partial charge >= 0.3 is 0 Å². The van der Waals surface area contributed by atoms with Gasteiger partial charge in [-0.05, 0) is 57.1 Å². The van der Waals surface area contributed by atoms with Crippen LogP contribution in [0.5, 0.6) is 0 Å². The predicted octanol–water partition coefficient (Wildman–Crippen LogP) is 3.50. The molecule has 1 aliphatic rings. The van der Waals surface area contributed by atoms with Crippen LogP contribution in [-0.2, 0) is 0 Å². The summed E-state index contributed by atoms with van der Waals surface area (Å²) in [5, 5.41) is 4.04. The van der Waals surface area contributed by atoms with E-state index in [1.807, 2.05) is 12.1 Å². The smallest absolute Gasteiger partial charge is 0.184 e. The summed E-state index contributed by atoms with van der Waals surface area (Å²) >= 11 is 7.05. The van der Waals surface area contributed by atoms with Crippen molar-refractivity contribution in [3.63, 3.8) is 0 Å². The molecule has 2 rings (SSSR count). The predicted molar refractivity (Wildman–Crippen MR) is 70.1 cm³/mol. The van der Waals surface area contributed by atoms with Crippen molar-refractivity contribution in [3.8, 4) is 0 Å². The van der Waals surface area contributed by atoms with Gasteiger partial charge in [-0.25, -0.2) is 0 Å². The molecule has 80 valence electrons. The van der Waals surface area contributed by atoms with Gasteiger partial charge < -0.3 is 5.32 Å². The van der Waals surface area contributed by atoms with Crippen LogP contribution in [0.2, 0.25) is 0 Å². The topological polar surface area (TPSA) is 15.3 Å². The highest BCUT2D eigenvalue weighted by Gasteiger charge is 2.29. The summed E-state index contributed by atoms with van der Waals surface area (Å²) in [4.78, 5) is 1.22. The normalized spacial score (nSPS) is 15.9. The molecule has 1 aromatic carbocycles. The van der Waals surface area contributed by atoms with E-state index >= 15 is 0 Å². The Balaban J connectivity index is 2.34. The summed E-state index contributed by atoms with van der Waals surface area (Å²) in [5.41, 5.74) is 1.13. The molecule has 0 unspecified atom stereocenters. The van der Waals surface area contributed by atoms with Gasteiger partial charge in [0.15, 0.2) is 5.11 Å². The molecule has 0 aromatic heterocycles. The van der Waals surface area contributed by atoms with Gasteiger partial charge in [0.1, 0.15) is 0 Å². The van der Waals surface area contributed by atoms with Crippen molar-refractivity contribution in [1.82, 2.24) is 4.31 Å². The third-order valence-corrected chi connectivity index (χ3v) is 3.98. The molecule has 2 nitrogen and oxygen atoms in total. The summed E-state index contributed by atoms with van der Waals surface area (Å²) in [6.45, 7) is 6.46. The number of nitrogens with zero attached hydrogens (tertiary/aromatic N) is 1. The van der Waals surface area contributed by atoms with E-state index in [0.717, 1.165) is 10.8 Å². The van der Waals surface area contributed by atoms with Crippen LogP contribution in [0.15, 0.2) is 29.2 Å². The quantitative estimate of drug-likeness (QED) is 0.549. The average Bonchev–Trinajstić information content (AvgIpc) is 2.15. The lowest BCUT2D eigenvalue weighted by atomic mass is 10.1. The SMILES string of the molecule is CC(C)(C)N1Sc2ccccc2NC1=S. The number of anilines is 1. The van der Waals surface area contributed by atoms with Crippen LogP contribution >= 0.6 is 24.2 Å². The average molecular weight is 238 g/mol. The zero-order valence-corrected chi connectivity index (χ0v) is 10.7. The Kier molecular flexibility index (Phi) is 2.64. The lowest BCUT2D eigenvalue weighted by Crippen LogP contribution is -2.44. The van der Waals surface area contributed by atoms with Crippen molar-refractivity contribution >= 4 is 35.0 Å². The van der Waals surface area contributed by atoms with Gasteiger partial charge in [-0.1, -0.05) is 12.1 Å². The Labute approximate surface area is 100 Å². The molecule has 1 aromatic rings. The summed E-state index contributed by atoms with van der Waals surface area (Å²) in [7, 11) is 0. The van der Waals surface area contributed by atoms with Crippen molar-refractivity contribution in [2.45, 2.75) is 31.2 Å². The number of hydrogen-bond acceptors (Lipinski definition) is 2. The number of hydrogen-bond donors (Lipinski definition) is 1. The molecule has 1 N–H and O–H groups in total. The minimum atomic E-state index is 0.0300. The van der Waals surface area contributed by atoms with Gasteiger partial charge in [0, 0.05) is 5.54 Å². The Bertz CT molecular complexity index is 396. The summed E-state index contributed by atoms with van der Waals surface area (Å²) in [6, 6.07) is 8.21. The highest BCUT2D eigenvalue weighted by molar-refractivity contribution is 7.99.